The normalized spacial score (nSPS) is 11.6. The first-order valence-electron chi connectivity index (χ1n) is 5.15. The average molecular weight is 261 g/mol. The first kappa shape index (κ1) is 13.5. The highest BCUT2D eigenvalue weighted by atomic mass is 32.2. The predicted octanol–water partition coefficient (Wildman–Crippen LogP) is -1.06. The highest BCUT2D eigenvalue weighted by molar-refractivity contribution is 7.91. The summed E-state index contributed by atoms with van der Waals surface area (Å²) in [5, 5.41) is 0. The number of sulfone groups is 1. The quantitative estimate of drug-likeness (QED) is 0.701. The van der Waals surface area contributed by atoms with E-state index in [2.05, 4.69) is 0 Å². The Morgan fingerprint density at radius 2 is 2.06 bits per heavy atom. The number of H-pyrrole nitrogens is 1. The molecular formula is C9H15N3O4S. The van der Waals surface area contributed by atoms with Gasteiger partial charge >= 0.3 is 5.69 Å². The minimum absolute atomic E-state index is 0.00890. The second kappa shape index (κ2) is 5.17. The molecule has 0 spiro atoms. The van der Waals surface area contributed by atoms with Crippen LogP contribution < -0.4 is 17.0 Å². The van der Waals surface area contributed by atoms with Crippen molar-refractivity contribution in [2.45, 2.75) is 19.9 Å². The fourth-order valence-corrected chi connectivity index (χ4v) is 2.15. The first-order valence-corrected chi connectivity index (χ1v) is 6.97. The minimum atomic E-state index is -3.04. The van der Waals surface area contributed by atoms with Gasteiger partial charge in [-0.15, -0.1) is 0 Å². The lowest BCUT2D eigenvalue weighted by Gasteiger charge is -2.05. The van der Waals surface area contributed by atoms with Crippen LogP contribution in [0.1, 0.15) is 13.3 Å². The Balaban J connectivity index is 2.75. The van der Waals surface area contributed by atoms with Crippen molar-refractivity contribution in [1.29, 1.82) is 0 Å². The Labute approximate surface area is 98.2 Å². The van der Waals surface area contributed by atoms with E-state index in [0.29, 0.717) is 6.42 Å². The number of nitrogens with zero attached hydrogens (tertiary/aromatic N) is 1. The van der Waals surface area contributed by atoms with Crippen LogP contribution in [0.5, 0.6) is 0 Å². The number of rotatable bonds is 5. The van der Waals surface area contributed by atoms with Crippen molar-refractivity contribution in [3.05, 3.63) is 27.0 Å². The monoisotopic (exact) mass is 261 g/mol. The molecule has 0 aliphatic carbocycles. The Hall–Kier alpha value is -1.57. The molecule has 0 saturated carbocycles. The molecule has 0 aliphatic heterocycles. The summed E-state index contributed by atoms with van der Waals surface area (Å²) in [5.74, 6) is 0.0879. The number of aryl methyl sites for hydroxylation is 1. The van der Waals surface area contributed by atoms with Crippen LogP contribution in [-0.4, -0.2) is 29.5 Å². The number of nitrogens with one attached hydrogen (secondary N) is 1. The molecule has 0 atom stereocenters. The van der Waals surface area contributed by atoms with Gasteiger partial charge in [-0.1, -0.05) is 6.92 Å². The summed E-state index contributed by atoms with van der Waals surface area (Å²) >= 11 is 0. The van der Waals surface area contributed by atoms with Crippen LogP contribution in [0.2, 0.25) is 0 Å². The number of hydrogen-bond donors (Lipinski definition) is 2. The molecule has 1 aromatic heterocycles. The van der Waals surface area contributed by atoms with Gasteiger partial charge in [0.05, 0.1) is 5.75 Å². The van der Waals surface area contributed by atoms with Crippen molar-refractivity contribution in [3.8, 4) is 0 Å². The fourth-order valence-electron chi connectivity index (χ4n) is 1.29. The Bertz CT molecular complexity index is 599. The number of hydrogen-bond acceptors (Lipinski definition) is 5. The van der Waals surface area contributed by atoms with Crippen LogP contribution in [0, 0.1) is 0 Å². The standard InChI is InChI=1S/C9H15N3O4S/c1-2-17(15,16)5-3-4-12-6-7(10)8(13)11-9(12)14/h6H,2-5,10H2,1H3,(H,11,13,14). The maximum atomic E-state index is 11.3. The van der Waals surface area contributed by atoms with Gasteiger partial charge in [-0.05, 0) is 6.42 Å². The molecule has 0 aliphatic rings. The maximum absolute atomic E-state index is 11.3. The number of anilines is 1. The molecule has 0 bridgehead atoms. The molecule has 1 aromatic rings. The Morgan fingerprint density at radius 3 is 2.65 bits per heavy atom. The van der Waals surface area contributed by atoms with Gasteiger partial charge in [0.1, 0.15) is 15.5 Å². The van der Waals surface area contributed by atoms with E-state index in [4.69, 9.17) is 5.73 Å². The van der Waals surface area contributed by atoms with E-state index < -0.39 is 21.1 Å². The molecule has 8 heteroatoms. The highest BCUT2D eigenvalue weighted by Crippen LogP contribution is 1.96. The third-order valence-electron chi connectivity index (χ3n) is 2.33. The summed E-state index contributed by atoms with van der Waals surface area (Å²) in [7, 11) is -3.04. The molecule has 1 heterocycles. The van der Waals surface area contributed by atoms with Crippen molar-refractivity contribution < 1.29 is 8.42 Å². The summed E-state index contributed by atoms with van der Waals surface area (Å²) < 4.78 is 23.6. The Morgan fingerprint density at radius 1 is 1.41 bits per heavy atom. The number of nitrogen functional groups attached to an aromatic ring is 1. The molecule has 0 amide bonds. The minimum Gasteiger partial charge on any atom is -0.393 e. The summed E-state index contributed by atoms with van der Waals surface area (Å²) in [6.07, 6.45) is 1.53. The van der Waals surface area contributed by atoms with E-state index in [9.17, 15) is 18.0 Å². The number of aromatic amines is 1. The average Bonchev–Trinajstić information content (AvgIpc) is 2.25. The lowest BCUT2D eigenvalue weighted by molar-refractivity contribution is 0.582. The molecule has 96 valence electrons. The van der Waals surface area contributed by atoms with Gasteiger partial charge in [-0.25, -0.2) is 13.2 Å². The first-order chi connectivity index (χ1) is 7.85. The van der Waals surface area contributed by atoms with Gasteiger partial charge < -0.3 is 5.73 Å². The van der Waals surface area contributed by atoms with Gasteiger partial charge in [-0.3, -0.25) is 14.3 Å². The third kappa shape index (κ3) is 3.74. The lowest BCUT2D eigenvalue weighted by atomic mass is 10.4. The van der Waals surface area contributed by atoms with Crippen molar-refractivity contribution in [3.63, 3.8) is 0 Å². The van der Waals surface area contributed by atoms with Gasteiger partial charge in [0.15, 0.2) is 0 Å². The third-order valence-corrected chi connectivity index (χ3v) is 4.12. The van der Waals surface area contributed by atoms with Crippen LogP contribution in [0.25, 0.3) is 0 Å². The molecule has 1 rings (SSSR count). The highest BCUT2D eigenvalue weighted by Gasteiger charge is 2.07. The summed E-state index contributed by atoms with van der Waals surface area (Å²) in [4.78, 5) is 24.3. The van der Waals surface area contributed by atoms with E-state index in [0.717, 1.165) is 0 Å². The van der Waals surface area contributed by atoms with Crippen molar-refractivity contribution in [2.75, 3.05) is 17.2 Å². The summed E-state index contributed by atoms with van der Waals surface area (Å²) in [5.41, 5.74) is 4.07. The topological polar surface area (TPSA) is 115 Å². The zero-order valence-electron chi connectivity index (χ0n) is 9.47. The smallest absolute Gasteiger partial charge is 0.328 e. The van der Waals surface area contributed by atoms with Gasteiger partial charge in [0, 0.05) is 18.5 Å². The number of aromatic nitrogens is 2. The molecular weight excluding hydrogens is 246 g/mol. The molecule has 3 N–H and O–H groups in total. The molecule has 0 radical (unpaired) electrons. The number of nitrogens with two attached hydrogens (primary N) is 1. The van der Waals surface area contributed by atoms with Crippen molar-refractivity contribution >= 4 is 15.5 Å². The lowest BCUT2D eigenvalue weighted by Crippen LogP contribution is -2.31. The van der Waals surface area contributed by atoms with Crippen LogP contribution in [-0.2, 0) is 16.4 Å². The molecule has 7 nitrogen and oxygen atoms in total. The zero-order chi connectivity index (χ0) is 13.1. The summed E-state index contributed by atoms with van der Waals surface area (Å²) in [6.45, 7) is 1.78. The van der Waals surface area contributed by atoms with Gasteiger partial charge in [-0.2, -0.15) is 0 Å². The fraction of sp³-hybridized carbons (Fsp3) is 0.556. The van der Waals surface area contributed by atoms with E-state index >= 15 is 0 Å². The molecule has 17 heavy (non-hydrogen) atoms. The largest absolute Gasteiger partial charge is 0.393 e. The second-order valence-corrected chi connectivity index (χ2v) is 6.10. The summed E-state index contributed by atoms with van der Waals surface area (Å²) in [6, 6.07) is 0. The second-order valence-electron chi connectivity index (χ2n) is 3.63. The zero-order valence-corrected chi connectivity index (χ0v) is 10.3. The van der Waals surface area contributed by atoms with Crippen LogP contribution in [0.15, 0.2) is 15.8 Å². The van der Waals surface area contributed by atoms with E-state index in [1.807, 2.05) is 4.98 Å². The van der Waals surface area contributed by atoms with Gasteiger partial charge in [0.25, 0.3) is 5.56 Å². The van der Waals surface area contributed by atoms with Crippen molar-refractivity contribution in [1.82, 2.24) is 9.55 Å². The van der Waals surface area contributed by atoms with Crippen LogP contribution >= 0.6 is 0 Å². The van der Waals surface area contributed by atoms with E-state index in [1.54, 1.807) is 6.92 Å². The molecule has 0 fully saturated rings. The van der Waals surface area contributed by atoms with Gasteiger partial charge in [0.2, 0.25) is 0 Å². The molecule has 0 saturated heterocycles. The molecule has 0 aromatic carbocycles. The van der Waals surface area contributed by atoms with E-state index in [1.165, 1.54) is 10.8 Å². The predicted molar refractivity (Wildman–Crippen MR) is 64.7 cm³/mol. The maximum Gasteiger partial charge on any atom is 0.328 e. The van der Waals surface area contributed by atoms with Crippen molar-refractivity contribution in [2.24, 2.45) is 0 Å². The van der Waals surface area contributed by atoms with Crippen LogP contribution in [0.4, 0.5) is 5.69 Å². The molecule has 0 unspecified atom stereocenters. The van der Waals surface area contributed by atoms with Crippen LogP contribution in [0.3, 0.4) is 0 Å². The Kier molecular flexibility index (Phi) is 4.11. The SMILES string of the molecule is CCS(=O)(=O)CCCn1cc(N)c(=O)[nH]c1=O. The van der Waals surface area contributed by atoms with E-state index in [-0.39, 0.29) is 23.7 Å².